The van der Waals surface area contributed by atoms with Crippen LogP contribution in [0.2, 0.25) is 5.02 Å². The Labute approximate surface area is 179 Å². The number of anilines is 1. The van der Waals surface area contributed by atoms with E-state index < -0.39 is 0 Å². The lowest BCUT2D eigenvalue weighted by Crippen LogP contribution is -2.42. The highest BCUT2D eigenvalue weighted by molar-refractivity contribution is 6.32. The number of carbonyl (C=O) groups is 1. The molecule has 1 amide bonds. The first kappa shape index (κ1) is 20.5. The maximum absolute atomic E-state index is 12.9. The summed E-state index contributed by atoms with van der Waals surface area (Å²) in [4.78, 5) is 17.5. The zero-order valence-corrected chi connectivity index (χ0v) is 18.0. The molecule has 4 rings (SSSR count). The van der Waals surface area contributed by atoms with E-state index in [0.29, 0.717) is 28.5 Å². The van der Waals surface area contributed by atoms with Crippen LogP contribution < -0.4 is 4.90 Å². The van der Waals surface area contributed by atoms with E-state index >= 15 is 0 Å². The van der Waals surface area contributed by atoms with E-state index in [2.05, 4.69) is 15.9 Å². The number of hydrogen-bond donors (Lipinski definition) is 0. The third kappa shape index (κ3) is 4.72. The predicted octanol–water partition coefficient (Wildman–Crippen LogP) is 5.39. The van der Waals surface area contributed by atoms with Gasteiger partial charge >= 0.3 is 0 Å². The highest BCUT2D eigenvalue weighted by Gasteiger charge is 2.35. The lowest BCUT2D eigenvalue weighted by molar-refractivity contribution is -0.134. The number of carbonyl (C=O) groups excluding carboxylic acids is 1. The van der Waals surface area contributed by atoms with Gasteiger partial charge < -0.3 is 9.80 Å². The van der Waals surface area contributed by atoms with Crippen LogP contribution in [0.5, 0.6) is 0 Å². The molecule has 0 radical (unpaired) electrons. The Hall–Kier alpha value is -1.73. The molecule has 29 heavy (non-hydrogen) atoms. The summed E-state index contributed by atoms with van der Waals surface area (Å²) < 4.78 is 0. The molecule has 156 valence electrons. The third-order valence-electron chi connectivity index (χ3n) is 7.20. The summed E-state index contributed by atoms with van der Waals surface area (Å²) in [5, 5.41) is 9.75. The summed E-state index contributed by atoms with van der Waals surface area (Å²) in [6.07, 6.45) is 12.1. The quantitative estimate of drug-likeness (QED) is 0.650. The highest BCUT2D eigenvalue weighted by Crippen LogP contribution is 2.33. The fourth-order valence-electron chi connectivity index (χ4n) is 5.51. The van der Waals surface area contributed by atoms with E-state index in [4.69, 9.17) is 11.6 Å². The zero-order chi connectivity index (χ0) is 20.2. The van der Waals surface area contributed by atoms with Crippen molar-refractivity contribution in [1.82, 2.24) is 4.90 Å². The number of likely N-dealkylation sites (tertiary alicyclic amines) is 1. The Morgan fingerprint density at radius 1 is 1.10 bits per heavy atom. The fourth-order valence-corrected chi connectivity index (χ4v) is 5.73. The monoisotopic (exact) mass is 413 g/mol. The molecule has 3 fully saturated rings. The minimum atomic E-state index is 0.255. The molecule has 1 atom stereocenters. The molecule has 1 heterocycles. The van der Waals surface area contributed by atoms with Gasteiger partial charge in [0.05, 0.1) is 10.6 Å². The summed E-state index contributed by atoms with van der Waals surface area (Å²) >= 11 is 6.37. The van der Waals surface area contributed by atoms with Crippen molar-refractivity contribution in [1.29, 1.82) is 5.26 Å². The second-order valence-corrected chi connectivity index (χ2v) is 9.55. The molecule has 0 bridgehead atoms. The Balaban J connectivity index is 1.51. The van der Waals surface area contributed by atoms with Crippen LogP contribution in [0.15, 0.2) is 18.2 Å². The van der Waals surface area contributed by atoms with E-state index in [9.17, 15) is 10.1 Å². The summed E-state index contributed by atoms with van der Waals surface area (Å²) in [6.45, 7) is 2.71. The van der Waals surface area contributed by atoms with Crippen molar-refractivity contribution in [3.05, 3.63) is 28.8 Å². The maximum Gasteiger partial charge on any atom is 0.225 e. The van der Waals surface area contributed by atoms with Gasteiger partial charge in [-0.2, -0.15) is 5.26 Å². The van der Waals surface area contributed by atoms with E-state index in [1.54, 1.807) is 0 Å². The molecule has 4 nitrogen and oxygen atoms in total. The van der Waals surface area contributed by atoms with Crippen LogP contribution in [-0.4, -0.2) is 36.5 Å². The van der Waals surface area contributed by atoms with Crippen molar-refractivity contribution in [2.24, 2.45) is 11.8 Å². The summed E-state index contributed by atoms with van der Waals surface area (Å²) in [5.74, 6) is 1.34. The van der Waals surface area contributed by atoms with E-state index in [1.165, 1.54) is 44.9 Å². The van der Waals surface area contributed by atoms with Crippen molar-refractivity contribution < 1.29 is 4.79 Å². The topological polar surface area (TPSA) is 47.3 Å². The Morgan fingerprint density at radius 2 is 1.83 bits per heavy atom. The highest BCUT2D eigenvalue weighted by atomic mass is 35.5. The van der Waals surface area contributed by atoms with Crippen LogP contribution in [0.1, 0.15) is 69.8 Å². The molecule has 2 saturated carbocycles. The van der Waals surface area contributed by atoms with Gasteiger partial charge in [0, 0.05) is 37.3 Å². The Morgan fingerprint density at radius 3 is 2.52 bits per heavy atom. The molecule has 2 aliphatic carbocycles. The summed E-state index contributed by atoms with van der Waals surface area (Å²) in [7, 11) is 0. The number of hydrogen-bond acceptors (Lipinski definition) is 3. The fraction of sp³-hybridized carbons (Fsp3) is 0.667. The first-order chi connectivity index (χ1) is 14.2. The minimum absolute atomic E-state index is 0.255. The maximum atomic E-state index is 12.9. The van der Waals surface area contributed by atoms with Crippen LogP contribution >= 0.6 is 11.6 Å². The van der Waals surface area contributed by atoms with Crippen molar-refractivity contribution in [3.8, 4) is 6.07 Å². The second-order valence-electron chi connectivity index (χ2n) is 9.14. The van der Waals surface area contributed by atoms with Gasteiger partial charge in [0.25, 0.3) is 0 Å². The number of benzene rings is 1. The van der Waals surface area contributed by atoms with Gasteiger partial charge in [0.1, 0.15) is 6.07 Å². The van der Waals surface area contributed by atoms with Crippen LogP contribution in [0.3, 0.4) is 0 Å². The van der Waals surface area contributed by atoms with E-state index in [-0.39, 0.29) is 5.92 Å². The zero-order valence-electron chi connectivity index (χ0n) is 17.3. The molecule has 1 aliphatic heterocycles. The average Bonchev–Trinajstić information content (AvgIpc) is 3.45. The lowest BCUT2D eigenvalue weighted by atomic mass is 9.88. The van der Waals surface area contributed by atoms with Gasteiger partial charge in [0.2, 0.25) is 5.91 Å². The molecular formula is C24H32ClN3O. The third-order valence-corrected chi connectivity index (χ3v) is 7.52. The lowest BCUT2D eigenvalue weighted by Gasteiger charge is -2.36. The molecule has 1 aromatic carbocycles. The molecule has 0 unspecified atom stereocenters. The summed E-state index contributed by atoms with van der Waals surface area (Å²) in [5.41, 5.74) is 1.62. The van der Waals surface area contributed by atoms with Crippen molar-refractivity contribution in [3.63, 3.8) is 0 Å². The van der Waals surface area contributed by atoms with Gasteiger partial charge in [-0.1, -0.05) is 43.7 Å². The molecule has 1 aromatic rings. The number of nitrogens with zero attached hydrogens (tertiary/aromatic N) is 3. The van der Waals surface area contributed by atoms with Gasteiger partial charge in [-0.3, -0.25) is 4.79 Å². The number of amides is 1. The SMILES string of the molecule is N#Cc1ccc(N(CC2CCCCC2)[C@H]2CCN(C(=O)C3CCCC3)C2)cc1Cl. The minimum Gasteiger partial charge on any atom is -0.366 e. The average molecular weight is 414 g/mol. The standard InChI is InChI=1S/C24H32ClN3O/c25-23-14-21(11-10-20(23)15-26)28(16-18-6-2-1-3-7-18)22-12-13-27(17-22)24(29)19-8-4-5-9-19/h10-11,14,18-19,22H,1-9,12-13,16-17H2/t22-/m0/s1. The van der Waals surface area contributed by atoms with Gasteiger partial charge in [0.15, 0.2) is 0 Å². The first-order valence-electron chi connectivity index (χ1n) is 11.4. The van der Waals surface area contributed by atoms with Crippen molar-refractivity contribution in [2.45, 2.75) is 70.3 Å². The van der Waals surface area contributed by atoms with Crippen molar-refractivity contribution in [2.75, 3.05) is 24.5 Å². The summed E-state index contributed by atoms with van der Waals surface area (Å²) in [6, 6.07) is 8.32. The first-order valence-corrected chi connectivity index (χ1v) is 11.8. The normalized spacial score (nSPS) is 23.3. The second kappa shape index (κ2) is 9.39. The molecule has 1 saturated heterocycles. The number of halogens is 1. The molecule has 0 N–H and O–H groups in total. The molecular weight excluding hydrogens is 382 g/mol. The van der Waals surface area contributed by atoms with Crippen LogP contribution in [0, 0.1) is 23.2 Å². The van der Waals surface area contributed by atoms with Crippen LogP contribution in [-0.2, 0) is 4.79 Å². The molecule has 0 aromatic heterocycles. The Bertz CT molecular complexity index is 762. The smallest absolute Gasteiger partial charge is 0.225 e. The largest absolute Gasteiger partial charge is 0.366 e. The predicted molar refractivity (Wildman–Crippen MR) is 117 cm³/mol. The van der Waals surface area contributed by atoms with E-state index in [0.717, 1.165) is 44.6 Å². The van der Waals surface area contributed by atoms with Crippen LogP contribution in [0.25, 0.3) is 0 Å². The Kier molecular flexibility index (Phi) is 6.65. The molecule has 5 heteroatoms. The van der Waals surface area contributed by atoms with E-state index in [1.807, 2.05) is 18.2 Å². The van der Waals surface area contributed by atoms with Gasteiger partial charge in [-0.15, -0.1) is 0 Å². The number of nitriles is 1. The van der Waals surface area contributed by atoms with Gasteiger partial charge in [-0.05, 0) is 56.2 Å². The molecule has 0 spiro atoms. The van der Waals surface area contributed by atoms with Crippen LogP contribution in [0.4, 0.5) is 5.69 Å². The van der Waals surface area contributed by atoms with Gasteiger partial charge in [-0.25, -0.2) is 0 Å². The molecule has 3 aliphatic rings. The van der Waals surface area contributed by atoms with Crippen molar-refractivity contribution >= 4 is 23.2 Å². The number of rotatable bonds is 5.